The van der Waals surface area contributed by atoms with Crippen molar-refractivity contribution in [3.8, 4) is 0 Å². The lowest BCUT2D eigenvalue weighted by Gasteiger charge is -2.16. The second kappa shape index (κ2) is 5.80. The number of sulfonamides is 1. The van der Waals surface area contributed by atoms with Crippen molar-refractivity contribution in [1.29, 1.82) is 0 Å². The monoisotopic (exact) mass is 382 g/mol. The van der Waals surface area contributed by atoms with Gasteiger partial charge >= 0.3 is 0 Å². The molecule has 1 fully saturated rings. The van der Waals surface area contributed by atoms with Crippen LogP contribution in [0.4, 0.5) is 0 Å². The van der Waals surface area contributed by atoms with Crippen molar-refractivity contribution in [3.05, 3.63) is 45.6 Å². The minimum atomic E-state index is -3.83. The first-order chi connectivity index (χ1) is 11.5. The van der Waals surface area contributed by atoms with Crippen LogP contribution >= 0.6 is 22.9 Å². The highest BCUT2D eigenvalue weighted by Crippen LogP contribution is 2.43. The molecule has 6 nitrogen and oxygen atoms in total. The Balaban J connectivity index is 1.75. The first kappa shape index (κ1) is 16.0. The largest absolute Gasteiger partial charge is 0.288 e. The Morgan fingerprint density at radius 3 is 2.88 bits per heavy atom. The summed E-state index contributed by atoms with van der Waals surface area (Å²) in [6.45, 7) is 1.96. The Labute approximate surface area is 148 Å². The average molecular weight is 383 g/mol. The van der Waals surface area contributed by atoms with E-state index in [1.807, 2.05) is 6.92 Å². The Kier molecular flexibility index (Phi) is 3.87. The Bertz CT molecular complexity index is 1010. The van der Waals surface area contributed by atoms with Gasteiger partial charge in [-0.3, -0.25) is 4.40 Å². The van der Waals surface area contributed by atoms with Gasteiger partial charge in [-0.25, -0.2) is 18.4 Å². The summed E-state index contributed by atoms with van der Waals surface area (Å²) >= 11 is 7.63. The van der Waals surface area contributed by atoms with Crippen molar-refractivity contribution in [2.45, 2.75) is 30.8 Å². The quantitative estimate of drug-likeness (QED) is 0.735. The molecule has 1 aliphatic carbocycles. The fraction of sp³-hybridized carbons (Fsp3) is 0.333. The second-order valence-corrected chi connectivity index (χ2v) is 9.14. The van der Waals surface area contributed by atoms with Gasteiger partial charge in [-0.1, -0.05) is 17.7 Å². The number of hydrogen-bond donors (Lipinski definition) is 1. The van der Waals surface area contributed by atoms with Gasteiger partial charge in [0.15, 0.2) is 10.2 Å². The fourth-order valence-corrected chi connectivity index (χ4v) is 5.61. The predicted molar refractivity (Wildman–Crippen MR) is 92.8 cm³/mol. The molecule has 1 aliphatic rings. The Hall–Kier alpha value is -1.48. The van der Waals surface area contributed by atoms with Gasteiger partial charge in [0.05, 0.1) is 6.04 Å². The standard InChI is InChI=1S/C15H15ClN4O2S2/c1-9-8-17-14(23-9)12(10-5-6-10)19-24(21,22)15-13(16)18-11-4-2-3-7-20(11)15/h2-4,7-8,10,12,19H,5-6H2,1H3/t12-/m0/s1. The molecule has 3 aromatic heterocycles. The van der Waals surface area contributed by atoms with Gasteiger partial charge in [-0.15, -0.1) is 11.3 Å². The molecule has 0 aromatic carbocycles. The summed E-state index contributed by atoms with van der Waals surface area (Å²) in [7, 11) is -3.83. The van der Waals surface area contributed by atoms with Gasteiger partial charge in [-0.2, -0.15) is 4.72 Å². The molecule has 126 valence electrons. The number of fused-ring (bicyclic) bond motifs is 1. The molecular formula is C15H15ClN4O2S2. The van der Waals surface area contributed by atoms with E-state index in [2.05, 4.69) is 14.7 Å². The second-order valence-electron chi connectivity index (χ2n) is 5.88. The van der Waals surface area contributed by atoms with Crippen LogP contribution in [0, 0.1) is 12.8 Å². The van der Waals surface area contributed by atoms with E-state index in [1.165, 1.54) is 15.7 Å². The number of nitrogens with zero attached hydrogens (tertiary/aromatic N) is 3. The summed E-state index contributed by atoms with van der Waals surface area (Å²) < 4.78 is 30.2. The number of hydrogen-bond acceptors (Lipinski definition) is 5. The van der Waals surface area contributed by atoms with Crippen molar-refractivity contribution in [1.82, 2.24) is 19.1 Å². The molecular weight excluding hydrogens is 368 g/mol. The molecule has 4 rings (SSSR count). The number of pyridine rings is 1. The van der Waals surface area contributed by atoms with Gasteiger partial charge < -0.3 is 0 Å². The summed E-state index contributed by atoms with van der Waals surface area (Å²) in [5, 5.41) is 0.737. The molecule has 0 unspecified atom stereocenters. The van der Waals surface area contributed by atoms with Crippen LogP contribution in [-0.4, -0.2) is 22.8 Å². The van der Waals surface area contributed by atoms with Gasteiger partial charge in [0.25, 0.3) is 10.0 Å². The lowest BCUT2D eigenvalue weighted by molar-refractivity contribution is 0.524. The summed E-state index contributed by atoms with van der Waals surface area (Å²) in [6.07, 6.45) is 5.40. The van der Waals surface area contributed by atoms with E-state index in [-0.39, 0.29) is 22.1 Å². The molecule has 3 heterocycles. The maximum absolute atomic E-state index is 13.0. The number of aryl methyl sites for hydroxylation is 1. The predicted octanol–water partition coefficient (Wildman–Crippen LogP) is 3.18. The molecule has 1 saturated carbocycles. The molecule has 3 aromatic rings. The topological polar surface area (TPSA) is 76.4 Å². The van der Waals surface area contributed by atoms with Crippen LogP contribution in [0.1, 0.15) is 28.8 Å². The van der Waals surface area contributed by atoms with Crippen LogP contribution in [-0.2, 0) is 10.0 Å². The van der Waals surface area contributed by atoms with Gasteiger partial charge in [0.1, 0.15) is 10.7 Å². The van der Waals surface area contributed by atoms with Crippen molar-refractivity contribution in [2.24, 2.45) is 5.92 Å². The molecule has 0 bridgehead atoms. The van der Waals surface area contributed by atoms with Crippen molar-refractivity contribution in [2.75, 3.05) is 0 Å². The van der Waals surface area contributed by atoms with Crippen LogP contribution in [0.3, 0.4) is 0 Å². The van der Waals surface area contributed by atoms with Crippen LogP contribution in [0.25, 0.3) is 5.65 Å². The molecule has 0 aliphatic heterocycles. The van der Waals surface area contributed by atoms with E-state index in [9.17, 15) is 8.42 Å². The Morgan fingerprint density at radius 1 is 1.42 bits per heavy atom. The summed E-state index contributed by atoms with van der Waals surface area (Å²) in [5.41, 5.74) is 0.496. The number of rotatable bonds is 5. The summed E-state index contributed by atoms with van der Waals surface area (Å²) in [4.78, 5) is 9.54. The lowest BCUT2D eigenvalue weighted by Crippen LogP contribution is -2.31. The minimum Gasteiger partial charge on any atom is -0.288 e. The van der Waals surface area contributed by atoms with Crippen molar-refractivity contribution < 1.29 is 8.42 Å². The van der Waals surface area contributed by atoms with E-state index in [1.54, 1.807) is 30.6 Å². The zero-order valence-corrected chi connectivity index (χ0v) is 15.2. The lowest BCUT2D eigenvalue weighted by atomic mass is 10.2. The van der Waals surface area contributed by atoms with E-state index in [4.69, 9.17) is 11.6 Å². The highest BCUT2D eigenvalue weighted by molar-refractivity contribution is 7.89. The molecule has 0 radical (unpaired) electrons. The first-order valence-electron chi connectivity index (χ1n) is 7.53. The van der Waals surface area contributed by atoms with Crippen LogP contribution in [0.2, 0.25) is 5.15 Å². The minimum absolute atomic E-state index is 0.0290. The smallest absolute Gasteiger partial charge is 0.260 e. The van der Waals surface area contributed by atoms with Crippen molar-refractivity contribution >= 4 is 38.6 Å². The third-order valence-electron chi connectivity index (χ3n) is 3.98. The normalized spacial score (nSPS) is 16.6. The van der Waals surface area contributed by atoms with Gasteiger partial charge in [0.2, 0.25) is 0 Å². The summed E-state index contributed by atoms with van der Waals surface area (Å²) in [6, 6.07) is 4.92. The average Bonchev–Trinajstić information content (AvgIpc) is 3.18. The first-order valence-corrected chi connectivity index (χ1v) is 10.2. The SMILES string of the molecule is Cc1cnc([C@@H](NS(=O)(=O)c2c(Cl)nc3ccccn23)C2CC2)s1. The van der Waals surface area contributed by atoms with E-state index in [0.29, 0.717) is 5.65 Å². The molecule has 1 atom stereocenters. The van der Waals surface area contributed by atoms with E-state index < -0.39 is 10.0 Å². The molecule has 0 spiro atoms. The zero-order chi connectivity index (χ0) is 16.9. The number of imidazole rings is 1. The van der Waals surface area contributed by atoms with E-state index >= 15 is 0 Å². The molecule has 0 amide bonds. The van der Waals surface area contributed by atoms with Crippen LogP contribution in [0.15, 0.2) is 35.6 Å². The number of aromatic nitrogens is 3. The maximum Gasteiger partial charge on any atom is 0.260 e. The van der Waals surface area contributed by atoms with E-state index in [0.717, 1.165) is 22.7 Å². The number of nitrogens with one attached hydrogen (secondary N) is 1. The van der Waals surface area contributed by atoms with Gasteiger partial charge in [0, 0.05) is 17.3 Å². The van der Waals surface area contributed by atoms with Crippen LogP contribution < -0.4 is 4.72 Å². The van der Waals surface area contributed by atoms with Gasteiger partial charge in [-0.05, 0) is 37.8 Å². The number of halogens is 1. The fourth-order valence-electron chi connectivity index (χ4n) is 2.70. The maximum atomic E-state index is 13.0. The number of thiazole rings is 1. The molecule has 9 heteroatoms. The van der Waals surface area contributed by atoms with Crippen LogP contribution in [0.5, 0.6) is 0 Å². The third-order valence-corrected chi connectivity index (χ3v) is 6.82. The zero-order valence-electron chi connectivity index (χ0n) is 12.8. The highest BCUT2D eigenvalue weighted by Gasteiger charge is 2.38. The summed E-state index contributed by atoms with van der Waals surface area (Å²) in [5.74, 6) is 0.281. The molecule has 0 saturated heterocycles. The molecule has 24 heavy (non-hydrogen) atoms. The van der Waals surface area contributed by atoms with Crippen molar-refractivity contribution in [3.63, 3.8) is 0 Å². The third kappa shape index (κ3) is 2.83. The molecule has 1 N–H and O–H groups in total. The highest BCUT2D eigenvalue weighted by atomic mass is 35.5. The Morgan fingerprint density at radius 2 is 2.21 bits per heavy atom.